The van der Waals surface area contributed by atoms with E-state index in [9.17, 15) is 4.39 Å². The lowest BCUT2D eigenvalue weighted by Gasteiger charge is -2.09. The van der Waals surface area contributed by atoms with Crippen LogP contribution in [0.15, 0.2) is 30.3 Å². The molecule has 0 radical (unpaired) electrons. The van der Waals surface area contributed by atoms with Crippen molar-refractivity contribution in [3.05, 3.63) is 53.1 Å². The van der Waals surface area contributed by atoms with Crippen LogP contribution in [0.5, 0.6) is 0 Å². The Labute approximate surface area is 89.2 Å². The summed E-state index contributed by atoms with van der Waals surface area (Å²) in [5.74, 6) is -0.196. The summed E-state index contributed by atoms with van der Waals surface area (Å²) in [5.41, 5.74) is 4.66. The van der Waals surface area contributed by atoms with Gasteiger partial charge in [-0.25, -0.2) is 4.39 Å². The average Bonchev–Trinajstić information content (AvgIpc) is 2.44. The molecule has 2 aromatic rings. The van der Waals surface area contributed by atoms with Gasteiger partial charge in [0, 0.05) is 17.1 Å². The van der Waals surface area contributed by atoms with E-state index in [1.165, 1.54) is 29.1 Å². The molecule has 0 bridgehead atoms. The van der Waals surface area contributed by atoms with Crippen LogP contribution in [0.1, 0.15) is 17.0 Å². The quantitative estimate of drug-likeness (QED) is 0.668. The van der Waals surface area contributed by atoms with Crippen LogP contribution in [0, 0.1) is 26.6 Å². The second kappa shape index (κ2) is 3.54. The maximum absolute atomic E-state index is 12.8. The third-order valence-corrected chi connectivity index (χ3v) is 2.77. The van der Waals surface area contributed by atoms with Crippen molar-refractivity contribution in [2.45, 2.75) is 20.8 Å². The zero-order valence-corrected chi connectivity index (χ0v) is 9.21. The van der Waals surface area contributed by atoms with Crippen molar-refractivity contribution >= 4 is 0 Å². The number of nitrogens with zero attached hydrogens (tertiary/aromatic N) is 1. The maximum atomic E-state index is 12.8. The Bertz CT molecular complexity index is 480. The molecule has 0 atom stereocenters. The van der Waals surface area contributed by atoms with Gasteiger partial charge in [-0.1, -0.05) is 0 Å². The van der Waals surface area contributed by atoms with Crippen molar-refractivity contribution in [1.29, 1.82) is 0 Å². The molecule has 0 amide bonds. The van der Waals surface area contributed by atoms with Gasteiger partial charge in [0.25, 0.3) is 0 Å². The fraction of sp³-hybridized carbons (Fsp3) is 0.231. The fourth-order valence-corrected chi connectivity index (χ4v) is 1.91. The molecule has 0 saturated heterocycles. The molecule has 15 heavy (non-hydrogen) atoms. The number of benzene rings is 1. The molecule has 1 aromatic carbocycles. The van der Waals surface area contributed by atoms with Gasteiger partial charge in [0.1, 0.15) is 5.82 Å². The van der Waals surface area contributed by atoms with E-state index in [1.54, 1.807) is 12.1 Å². The third kappa shape index (κ3) is 1.67. The molecule has 2 rings (SSSR count). The number of rotatable bonds is 1. The minimum Gasteiger partial charge on any atom is -0.318 e. The molecule has 0 N–H and O–H groups in total. The highest BCUT2D eigenvalue weighted by atomic mass is 19.1. The minimum absolute atomic E-state index is 0.196. The lowest BCUT2D eigenvalue weighted by molar-refractivity contribution is 0.627. The van der Waals surface area contributed by atoms with Crippen LogP contribution in [0.4, 0.5) is 4.39 Å². The molecule has 0 aliphatic carbocycles. The van der Waals surface area contributed by atoms with E-state index in [2.05, 4.69) is 31.4 Å². The molecule has 0 fully saturated rings. The van der Waals surface area contributed by atoms with Gasteiger partial charge in [0.05, 0.1) is 0 Å². The van der Waals surface area contributed by atoms with Gasteiger partial charge in [-0.05, 0) is 56.7 Å². The first-order chi connectivity index (χ1) is 7.09. The Hall–Kier alpha value is -1.57. The summed E-state index contributed by atoms with van der Waals surface area (Å²) in [6.07, 6.45) is 0. The Balaban J connectivity index is 2.58. The molecule has 0 aliphatic rings. The van der Waals surface area contributed by atoms with Gasteiger partial charge in [0.2, 0.25) is 0 Å². The molecule has 1 nitrogen and oxygen atoms in total. The van der Waals surface area contributed by atoms with Crippen molar-refractivity contribution in [2.75, 3.05) is 0 Å². The summed E-state index contributed by atoms with van der Waals surface area (Å²) in [5, 5.41) is 0. The van der Waals surface area contributed by atoms with Crippen molar-refractivity contribution in [2.24, 2.45) is 0 Å². The first-order valence-corrected chi connectivity index (χ1v) is 5.01. The van der Waals surface area contributed by atoms with E-state index in [0.29, 0.717) is 0 Å². The highest BCUT2D eigenvalue weighted by molar-refractivity contribution is 5.40. The fourth-order valence-electron chi connectivity index (χ4n) is 1.91. The zero-order chi connectivity index (χ0) is 11.0. The molecule has 1 heterocycles. The Morgan fingerprint density at radius 2 is 1.60 bits per heavy atom. The summed E-state index contributed by atoms with van der Waals surface area (Å²) < 4.78 is 14.9. The summed E-state index contributed by atoms with van der Waals surface area (Å²) in [6.45, 7) is 6.22. The van der Waals surface area contributed by atoms with Gasteiger partial charge in [-0.3, -0.25) is 0 Å². The van der Waals surface area contributed by atoms with Gasteiger partial charge in [-0.15, -0.1) is 0 Å². The summed E-state index contributed by atoms with van der Waals surface area (Å²) in [6, 6.07) is 8.72. The highest BCUT2D eigenvalue weighted by Gasteiger charge is 2.06. The van der Waals surface area contributed by atoms with Crippen LogP contribution in [-0.2, 0) is 0 Å². The SMILES string of the molecule is Cc1cc(C)n(-c2ccc(F)cc2)c1C. The molecule has 0 unspecified atom stereocenters. The molecule has 1 aromatic heterocycles. The van der Waals surface area contributed by atoms with Crippen molar-refractivity contribution in [3.8, 4) is 5.69 Å². The van der Waals surface area contributed by atoms with Crippen LogP contribution in [0.2, 0.25) is 0 Å². The average molecular weight is 203 g/mol. The molecular formula is C13H14FN. The Morgan fingerprint density at radius 1 is 1.00 bits per heavy atom. The number of aryl methyl sites for hydroxylation is 2. The molecule has 0 aliphatic heterocycles. The van der Waals surface area contributed by atoms with Gasteiger partial charge in [-0.2, -0.15) is 0 Å². The predicted molar refractivity (Wildman–Crippen MR) is 59.9 cm³/mol. The summed E-state index contributed by atoms with van der Waals surface area (Å²) in [7, 11) is 0. The van der Waals surface area contributed by atoms with E-state index in [1.807, 2.05) is 0 Å². The van der Waals surface area contributed by atoms with Crippen molar-refractivity contribution < 1.29 is 4.39 Å². The second-order valence-corrected chi connectivity index (χ2v) is 3.87. The standard InChI is InChI=1S/C13H14FN/c1-9-8-10(2)15(11(9)3)13-6-4-12(14)5-7-13/h4-8H,1-3H3. The Morgan fingerprint density at radius 3 is 2.07 bits per heavy atom. The molecular weight excluding hydrogens is 189 g/mol. The summed E-state index contributed by atoms with van der Waals surface area (Å²) >= 11 is 0. The molecule has 0 spiro atoms. The third-order valence-electron chi connectivity index (χ3n) is 2.77. The van der Waals surface area contributed by atoms with E-state index < -0.39 is 0 Å². The first-order valence-electron chi connectivity index (χ1n) is 5.01. The first kappa shape index (κ1) is 9.97. The minimum atomic E-state index is -0.196. The van der Waals surface area contributed by atoms with Crippen molar-refractivity contribution in [1.82, 2.24) is 4.57 Å². The normalized spacial score (nSPS) is 10.7. The van der Waals surface area contributed by atoms with E-state index in [-0.39, 0.29) is 5.82 Å². The number of aromatic nitrogens is 1. The summed E-state index contributed by atoms with van der Waals surface area (Å²) in [4.78, 5) is 0. The van der Waals surface area contributed by atoms with Crippen LogP contribution in [0.3, 0.4) is 0 Å². The van der Waals surface area contributed by atoms with E-state index >= 15 is 0 Å². The van der Waals surface area contributed by atoms with Crippen LogP contribution in [0.25, 0.3) is 5.69 Å². The zero-order valence-electron chi connectivity index (χ0n) is 9.21. The van der Waals surface area contributed by atoms with Gasteiger partial charge in [0.15, 0.2) is 0 Å². The second-order valence-electron chi connectivity index (χ2n) is 3.87. The topological polar surface area (TPSA) is 4.93 Å². The number of hydrogen-bond acceptors (Lipinski definition) is 0. The number of halogens is 1. The van der Waals surface area contributed by atoms with E-state index in [4.69, 9.17) is 0 Å². The largest absolute Gasteiger partial charge is 0.318 e. The smallest absolute Gasteiger partial charge is 0.123 e. The monoisotopic (exact) mass is 203 g/mol. The Kier molecular flexibility index (Phi) is 2.35. The van der Waals surface area contributed by atoms with Crippen molar-refractivity contribution in [3.63, 3.8) is 0 Å². The van der Waals surface area contributed by atoms with Crippen LogP contribution in [-0.4, -0.2) is 4.57 Å². The lowest BCUT2D eigenvalue weighted by atomic mass is 10.3. The molecule has 0 saturated carbocycles. The van der Waals surface area contributed by atoms with E-state index in [0.717, 1.165) is 5.69 Å². The maximum Gasteiger partial charge on any atom is 0.123 e. The molecule has 2 heteroatoms. The number of hydrogen-bond donors (Lipinski definition) is 0. The lowest BCUT2D eigenvalue weighted by Crippen LogP contribution is -1.98. The predicted octanol–water partition coefficient (Wildman–Crippen LogP) is 3.54. The van der Waals surface area contributed by atoms with Crippen LogP contribution >= 0.6 is 0 Å². The van der Waals surface area contributed by atoms with Gasteiger partial charge >= 0.3 is 0 Å². The van der Waals surface area contributed by atoms with Gasteiger partial charge < -0.3 is 4.57 Å². The highest BCUT2D eigenvalue weighted by Crippen LogP contribution is 2.19. The molecule has 78 valence electrons. The van der Waals surface area contributed by atoms with Crippen LogP contribution < -0.4 is 0 Å².